The molecule has 7 heteroatoms. The van der Waals surface area contributed by atoms with Gasteiger partial charge in [0.25, 0.3) is 11.8 Å². The van der Waals surface area contributed by atoms with Crippen molar-refractivity contribution in [2.24, 2.45) is 0 Å². The number of aromatic nitrogens is 2. The summed E-state index contributed by atoms with van der Waals surface area (Å²) < 4.78 is 1.74. The Morgan fingerprint density at radius 1 is 0.933 bits per heavy atom. The Morgan fingerprint density at radius 3 is 2.30 bits per heavy atom. The standard InChI is InChI=1S/C23H27N5O2/c1-15-10-17(3)19(11-16(15)2)20-12-21(26-23(30)14-25-13-22(29)24-4)28(27-20)18-8-6-5-7-9-18/h5-12,25H,13-14H2,1-4H3,(H,24,29)(H,26,30)/p+1. The Labute approximate surface area is 176 Å². The van der Waals surface area contributed by atoms with E-state index in [0.29, 0.717) is 5.82 Å². The zero-order chi connectivity index (χ0) is 21.7. The van der Waals surface area contributed by atoms with Crippen molar-refractivity contribution >= 4 is 17.6 Å². The number of nitrogens with zero attached hydrogens (tertiary/aromatic N) is 2. The van der Waals surface area contributed by atoms with Crippen LogP contribution in [0.25, 0.3) is 16.9 Å². The number of anilines is 1. The van der Waals surface area contributed by atoms with Gasteiger partial charge in [-0.25, -0.2) is 4.68 Å². The highest BCUT2D eigenvalue weighted by Crippen LogP contribution is 2.29. The van der Waals surface area contributed by atoms with Crippen LogP contribution in [0.1, 0.15) is 16.7 Å². The van der Waals surface area contributed by atoms with E-state index in [2.05, 4.69) is 43.5 Å². The minimum absolute atomic E-state index is 0.121. The number of aryl methyl sites for hydroxylation is 3. The number of amides is 2. The molecule has 0 unspecified atom stereocenters. The predicted octanol–water partition coefficient (Wildman–Crippen LogP) is 1.71. The number of carbonyl (C=O) groups excluding carboxylic acids is 2. The van der Waals surface area contributed by atoms with E-state index in [4.69, 9.17) is 5.10 Å². The molecule has 0 radical (unpaired) electrons. The van der Waals surface area contributed by atoms with E-state index in [-0.39, 0.29) is 24.9 Å². The van der Waals surface area contributed by atoms with Crippen molar-refractivity contribution in [3.8, 4) is 16.9 Å². The van der Waals surface area contributed by atoms with Crippen LogP contribution >= 0.6 is 0 Å². The van der Waals surface area contributed by atoms with Crippen molar-refractivity contribution in [1.82, 2.24) is 15.1 Å². The maximum absolute atomic E-state index is 12.5. The Kier molecular flexibility index (Phi) is 6.64. The minimum Gasteiger partial charge on any atom is -0.354 e. The molecule has 2 aromatic carbocycles. The third-order valence-corrected chi connectivity index (χ3v) is 5.03. The molecule has 0 spiro atoms. The van der Waals surface area contributed by atoms with Crippen LogP contribution in [-0.4, -0.2) is 41.7 Å². The van der Waals surface area contributed by atoms with Crippen molar-refractivity contribution in [2.45, 2.75) is 20.8 Å². The fourth-order valence-electron chi connectivity index (χ4n) is 3.23. The van der Waals surface area contributed by atoms with E-state index in [1.54, 1.807) is 17.0 Å². The Morgan fingerprint density at radius 2 is 1.60 bits per heavy atom. The van der Waals surface area contributed by atoms with E-state index >= 15 is 0 Å². The molecule has 1 aromatic heterocycles. The number of carbonyl (C=O) groups is 2. The molecule has 0 aliphatic rings. The zero-order valence-electron chi connectivity index (χ0n) is 17.8. The number of hydrogen-bond acceptors (Lipinski definition) is 3. The summed E-state index contributed by atoms with van der Waals surface area (Å²) in [5.74, 6) is 0.274. The van der Waals surface area contributed by atoms with E-state index < -0.39 is 0 Å². The number of likely N-dealkylation sites (N-methyl/N-ethyl adjacent to an activating group) is 1. The van der Waals surface area contributed by atoms with Crippen molar-refractivity contribution in [3.05, 3.63) is 65.2 Å². The molecule has 0 saturated heterocycles. The summed E-state index contributed by atoms with van der Waals surface area (Å²) in [4.78, 5) is 23.8. The lowest BCUT2D eigenvalue weighted by molar-refractivity contribution is -0.632. The summed E-state index contributed by atoms with van der Waals surface area (Å²) in [7, 11) is 1.57. The summed E-state index contributed by atoms with van der Waals surface area (Å²) in [6.45, 7) is 6.59. The van der Waals surface area contributed by atoms with Crippen molar-refractivity contribution in [1.29, 1.82) is 0 Å². The lowest BCUT2D eigenvalue weighted by Gasteiger charge is -2.08. The molecule has 30 heavy (non-hydrogen) atoms. The van der Waals surface area contributed by atoms with Gasteiger partial charge in [0.2, 0.25) is 0 Å². The van der Waals surface area contributed by atoms with Gasteiger partial charge in [-0.1, -0.05) is 24.3 Å². The second kappa shape index (κ2) is 9.37. The molecule has 1 heterocycles. The minimum atomic E-state index is -0.195. The lowest BCUT2D eigenvalue weighted by Crippen LogP contribution is -2.88. The van der Waals surface area contributed by atoms with Crippen LogP contribution in [-0.2, 0) is 9.59 Å². The van der Waals surface area contributed by atoms with Crippen molar-refractivity contribution < 1.29 is 14.9 Å². The highest BCUT2D eigenvalue weighted by atomic mass is 16.2. The highest BCUT2D eigenvalue weighted by Gasteiger charge is 2.16. The highest BCUT2D eigenvalue weighted by molar-refractivity contribution is 5.91. The Balaban J connectivity index is 1.91. The van der Waals surface area contributed by atoms with Gasteiger partial charge in [0, 0.05) is 18.7 Å². The number of quaternary nitrogens is 1. The number of nitrogens with two attached hydrogens (primary N) is 1. The molecular formula is C23H28N5O2+. The van der Waals surface area contributed by atoms with Gasteiger partial charge >= 0.3 is 0 Å². The topological polar surface area (TPSA) is 92.6 Å². The Hall–Kier alpha value is -3.45. The van der Waals surface area contributed by atoms with Gasteiger partial charge < -0.3 is 16.0 Å². The van der Waals surface area contributed by atoms with Crippen LogP contribution in [0.15, 0.2) is 48.5 Å². The van der Waals surface area contributed by atoms with Crippen LogP contribution in [0, 0.1) is 20.8 Å². The van der Waals surface area contributed by atoms with E-state index in [1.807, 2.05) is 36.4 Å². The summed E-state index contributed by atoms with van der Waals surface area (Å²) >= 11 is 0. The molecule has 156 valence electrons. The average Bonchev–Trinajstić information content (AvgIpc) is 3.14. The normalized spacial score (nSPS) is 10.7. The summed E-state index contributed by atoms with van der Waals surface area (Å²) in [6, 6.07) is 15.9. The third kappa shape index (κ3) is 4.93. The van der Waals surface area contributed by atoms with Crippen LogP contribution in [0.4, 0.5) is 5.82 Å². The first kappa shape index (κ1) is 21.3. The molecule has 7 nitrogen and oxygen atoms in total. The fraction of sp³-hybridized carbons (Fsp3) is 0.261. The molecule has 3 rings (SSSR count). The molecule has 3 aromatic rings. The third-order valence-electron chi connectivity index (χ3n) is 5.03. The van der Waals surface area contributed by atoms with Gasteiger partial charge in [0.05, 0.1) is 11.4 Å². The van der Waals surface area contributed by atoms with Crippen LogP contribution in [0.2, 0.25) is 0 Å². The maximum atomic E-state index is 12.5. The van der Waals surface area contributed by atoms with Crippen LogP contribution in [0.5, 0.6) is 0 Å². The number of para-hydroxylation sites is 1. The van der Waals surface area contributed by atoms with E-state index in [9.17, 15) is 9.59 Å². The largest absolute Gasteiger partial charge is 0.354 e. The fourth-order valence-corrected chi connectivity index (χ4v) is 3.23. The predicted molar refractivity (Wildman–Crippen MR) is 118 cm³/mol. The van der Waals surface area contributed by atoms with Crippen molar-refractivity contribution in [2.75, 3.05) is 25.5 Å². The molecule has 0 saturated carbocycles. The Bertz CT molecular complexity index is 1060. The first-order valence-electron chi connectivity index (χ1n) is 9.95. The first-order valence-corrected chi connectivity index (χ1v) is 9.95. The van der Waals surface area contributed by atoms with E-state index in [1.165, 1.54) is 11.1 Å². The summed E-state index contributed by atoms with van der Waals surface area (Å²) in [5, 5.41) is 11.9. The first-order chi connectivity index (χ1) is 14.4. The van der Waals surface area contributed by atoms with Gasteiger partial charge in [-0.3, -0.25) is 9.59 Å². The molecule has 0 aliphatic carbocycles. The smallest absolute Gasteiger partial charge is 0.280 e. The van der Waals surface area contributed by atoms with Gasteiger partial charge in [0.1, 0.15) is 5.82 Å². The molecule has 0 atom stereocenters. The number of hydrogen-bond donors (Lipinski definition) is 3. The van der Waals surface area contributed by atoms with Crippen LogP contribution < -0.4 is 16.0 Å². The second-order valence-electron chi connectivity index (χ2n) is 7.33. The molecule has 4 N–H and O–H groups in total. The monoisotopic (exact) mass is 406 g/mol. The maximum Gasteiger partial charge on any atom is 0.280 e. The second-order valence-corrected chi connectivity index (χ2v) is 7.33. The molecule has 0 fully saturated rings. The average molecular weight is 407 g/mol. The molecular weight excluding hydrogens is 378 g/mol. The van der Waals surface area contributed by atoms with Gasteiger partial charge in [-0.05, 0) is 55.7 Å². The van der Waals surface area contributed by atoms with Crippen LogP contribution in [0.3, 0.4) is 0 Å². The molecule has 0 aliphatic heterocycles. The van der Waals surface area contributed by atoms with Gasteiger partial charge in [-0.2, -0.15) is 5.10 Å². The lowest BCUT2D eigenvalue weighted by atomic mass is 9.99. The van der Waals surface area contributed by atoms with Gasteiger partial charge in [-0.15, -0.1) is 0 Å². The summed E-state index contributed by atoms with van der Waals surface area (Å²) in [6.07, 6.45) is 0. The van der Waals surface area contributed by atoms with Crippen molar-refractivity contribution in [3.63, 3.8) is 0 Å². The zero-order valence-corrected chi connectivity index (χ0v) is 17.8. The summed E-state index contributed by atoms with van der Waals surface area (Å²) in [5.41, 5.74) is 6.25. The number of rotatable bonds is 7. The number of nitrogens with one attached hydrogen (secondary N) is 2. The van der Waals surface area contributed by atoms with Gasteiger partial charge in [0.15, 0.2) is 13.1 Å². The number of benzene rings is 2. The molecule has 0 bridgehead atoms. The molecule has 2 amide bonds. The SMILES string of the molecule is CNC(=O)C[NH2+]CC(=O)Nc1cc(-c2cc(C)c(C)cc2C)nn1-c1ccccc1. The quantitative estimate of drug-likeness (QED) is 0.558. The van der Waals surface area contributed by atoms with E-state index in [0.717, 1.165) is 22.5 Å².